The lowest BCUT2D eigenvalue weighted by molar-refractivity contribution is -0.142. The number of aliphatic carboxylic acids is 1. The van der Waals surface area contributed by atoms with Crippen molar-refractivity contribution in [1.29, 1.82) is 0 Å². The molecule has 0 saturated carbocycles. The third-order valence-electron chi connectivity index (χ3n) is 7.84. The van der Waals surface area contributed by atoms with Gasteiger partial charge in [0.05, 0.1) is 6.04 Å². The highest BCUT2D eigenvalue weighted by Crippen LogP contribution is 2.24. The van der Waals surface area contributed by atoms with Gasteiger partial charge in [0.25, 0.3) is 0 Å². The van der Waals surface area contributed by atoms with Crippen molar-refractivity contribution in [2.75, 3.05) is 20.1 Å². The number of rotatable bonds is 20. The van der Waals surface area contributed by atoms with E-state index in [4.69, 9.17) is 17.2 Å². The average Bonchev–Trinajstić information content (AvgIpc) is 3.03. The highest BCUT2D eigenvalue weighted by molar-refractivity contribution is 5.94. The number of phenolic OH excluding ortho intramolecular Hbond substituents is 1. The zero-order valence-electron chi connectivity index (χ0n) is 27.4. The molecule has 0 aromatic heterocycles. The lowest BCUT2D eigenvalue weighted by atomic mass is 9.94. The van der Waals surface area contributed by atoms with E-state index in [1.165, 1.54) is 6.07 Å². The molecule has 12 N–H and O–H groups in total. The normalized spacial score (nSPS) is 13.4. The van der Waals surface area contributed by atoms with Gasteiger partial charge in [-0.2, -0.15) is 0 Å². The summed E-state index contributed by atoms with van der Waals surface area (Å²) in [6.45, 7) is 4.38. The van der Waals surface area contributed by atoms with Crippen LogP contribution in [0.25, 0.3) is 0 Å². The Labute approximate surface area is 276 Å². The highest BCUT2D eigenvalue weighted by atomic mass is 16.4. The van der Waals surface area contributed by atoms with E-state index >= 15 is 0 Å². The average molecular weight is 655 g/mol. The Morgan fingerprint density at radius 3 is 2.06 bits per heavy atom. The van der Waals surface area contributed by atoms with Gasteiger partial charge in [-0.3, -0.25) is 19.4 Å². The van der Waals surface area contributed by atoms with E-state index in [-0.39, 0.29) is 50.4 Å². The molecule has 0 aliphatic carbocycles. The van der Waals surface area contributed by atoms with E-state index in [1.54, 1.807) is 19.9 Å². The minimum Gasteiger partial charge on any atom is -0.508 e. The highest BCUT2D eigenvalue weighted by Gasteiger charge is 2.31. The third-order valence-corrected chi connectivity index (χ3v) is 7.84. The quantitative estimate of drug-likeness (QED) is 0.0529. The van der Waals surface area contributed by atoms with Crippen molar-refractivity contribution in [3.8, 4) is 5.75 Å². The van der Waals surface area contributed by atoms with Gasteiger partial charge in [-0.1, -0.05) is 36.4 Å². The summed E-state index contributed by atoms with van der Waals surface area (Å²) in [6, 6.07) is 8.03. The van der Waals surface area contributed by atoms with Crippen molar-refractivity contribution < 1.29 is 29.4 Å². The molecule has 14 nitrogen and oxygen atoms in total. The number of amides is 3. The van der Waals surface area contributed by atoms with Crippen molar-refractivity contribution in [2.24, 2.45) is 22.2 Å². The summed E-state index contributed by atoms with van der Waals surface area (Å²) in [7, 11) is 1.81. The Morgan fingerprint density at radius 1 is 0.809 bits per heavy atom. The number of carboxylic acid groups (broad SMARTS) is 1. The lowest BCUT2D eigenvalue weighted by Crippen LogP contribution is -2.57. The maximum atomic E-state index is 13.8. The first-order valence-electron chi connectivity index (χ1n) is 15.7. The van der Waals surface area contributed by atoms with E-state index in [1.807, 2.05) is 37.4 Å². The largest absolute Gasteiger partial charge is 0.508 e. The number of nitrogens with two attached hydrogens (primary N) is 3. The van der Waals surface area contributed by atoms with Crippen LogP contribution >= 0.6 is 0 Å². The topological polar surface area (TPSA) is 247 Å². The molecule has 14 heteroatoms. The fourth-order valence-corrected chi connectivity index (χ4v) is 5.07. The van der Waals surface area contributed by atoms with Crippen molar-refractivity contribution in [3.63, 3.8) is 0 Å². The van der Waals surface area contributed by atoms with Gasteiger partial charge in [0.1, 0.15) is 23.9 Å². The van der Waals surface area contributed by atoms with Crippen molar-refractivity contribution in [1.82, 2.24) is 21.3 Å². The van der Waals surface area contributed by atoms with Gasteiger partial charge >= 0.3 is 5.97 Å². The number of nitrogens with zero attached hydrogens (tertiary/aromatic N) is 1. The van der Waals surface area contributed by atoms with E-state index in [2.05, 4.69) is 26.3 Å². The molecule has 2 aromatic carbocycles. The molecule has 47 heavy (non-hydrogen) atoms. The van der Waals surface area contributed by atoms with Gasteiger partial charge in [0, 0.05) is 13.0 Å². The molecular weight excluding hydrogens is 604 g/mol. The number of carbonyl (C=O) groups is 4. The summed E-state index contributed by atoms with van der Waals surface area (Å²) in [5, 5.41) is 31.3. The molecule has 258 valence electrons. The number of carbonyl (C=O) groups excluding carboxylic acids is 3. The van der Waals surface area contributed by atoms with Crippen molar-refractivity contribution in [3.05, 3.63) is 64.7 Å². The molecule has 0 bridgehead atoms. The molecule has 2 aromatic rings. The SMILES string of the molecule is CNCCCCC(NC(=O)C(N)Cc1ccccc1)C(=O)NC(Cc1c(C)ccc(O)c1C)C(=O)NC(CCCN=C(N)N)C(=O)O. The Bertz CT molecular complexity index is 1370. The number of carboxylic acids is 1. The van der Waals surface area contributed by atoms with E-state index in [9.17, 15) is 29.4 Å². The molecule has 0 spiro atoms. The zero-order valence-corrected chi connectivity index (χ0v) is 27.4. The number of nitrogens with one attached hydrogen (secondary N) is 4. The van der Waals surface area contributed by atoms with Crippen LogP contribution < -0.4 is 38.5 Å². The second kappa shape index (κ2) is 19.7. The summed E-state index contributed by atoms with van der Waals surface area (Å²) in [5.41, 5.74) is 19.7. The third kappa shape index (κ3) is 13.3. The molecule has 2 rings (SSSR count). The van der Waals surface area contributed by atoms with Crippen LogP contribution in [0, 0.1) is 13.8 Å². The Balaban J connectivity index is 2.32. The molecule has 0 saturated heterocycles. The summed E-state index contributed by atoms with van der Waals surface area (Å²) < 4.78 is 0. The van der Waals surface area contributed by atoms with Gasteiger partial charge in [-0.05, 0) is 94.3 Å². The van der Waals surface area contributed by atoms with E-state index < -0.39 is 47.9 Å². The maximum Gasteiger partial charge on any atom is 0.326 e. The number of hydrogen-bond donors (Lipinski definition) is 9. The standard InChI is InChI=1S/C33H50N8O6/c1-20-14-15-28(42)21(2)23(20)19-27(31(45)40-26(32(46)47)13-9-17-38-33(35)36)41-30(44)25(12-7-8-16-37-3)39-29(43)24(34)18-22-10-5-4-6-11-22/h4-6,10-11,14-15,24-27,37,42H,7-9,12-13,16-19,34H2,1-3H3,(H,39,43)(H,40,45)(H,41,44)(H,46,47)(H4,35,36,38). The van der Waals surface area contributed by atoms with Crippen LogP contribution in [-0.2, 0) is 32.0 Å². The molecular formula is C33H50N8O6. The molecule has 0 radical (unpaired) electrons. The Kier molecular flexibility index (Phi) is 16.2. The fraction of sp³-hybridized carbons (Fsp3) is 0.485. The molecule has 0 heterocycles. The van der Waals surface area contributed by atoms with Crippen molar-refractivity contribution in [2.45, 2.75) is 83.0 Å². The molecule has 0 fully saturated rings. The summed E-state index contributed by atoms with van der Waals surface area (Å²) in [6.07, 6.45) is 2.13. The number of hydrogen-bond acceptors (Lipinski definition) is 8. The molecule has 0 aliphatic rings. The first-order valence-corrected chi connectivity index (χ1v) is 15.7. The monoisotopic (exact) mass is 654 g/mol. The van der Waals surface area contributed by atoms with Crippen LogP contribution in [0.1, 0.15) is 54.4 Å². The van der Waals surface area contributed by atoms with E-state index in [0.717, 1.165) is 17.5 Å². The second-order valence-electron chi connectivity index (χ2n) is 11.6. The van der Waals surface area contributed by atoms with Crippen LogP contribution in [0.5, 0.6) is 5.75 Å². The van der Waals surface area contributed by atoms with Crippen LogP contribution in [0.3, 0.4) is 0 Å². The predicted octanol–water partition coefficient (Wildman–Crippen LogP) is 0.104. The number of aryl methyl sites for hydroxylation is 1. The van der Waals surface area contributed by atoms with Gasteiger partial charge in [-0.15, -0.1) is 0 Å². The minimum atomic E-state index is -1.28. The number of aromatic hydroxyl groups is 1. The number of phenols is 1. The fourth-order valence-electron chi connectivity index (χ4n) is 5.07. The minimum absolute atomic E-state index is 0.0151. The molecule has 4 unspecified atom stereocenters. The number of guanidine groups is 1. The summed E-state index contributed by atoms with van der Waals surface area (Å²) >= 11 is 0. The van der Waals surface area contributed by atoms with Crippen LogP contribution in [0.2, 0.25) is 0 Å². The Hall–Kier alpha value is -4.69. The number of aliphatic imine (C=N–C) groups is 1. The molecule has 3 amide bonds. The van der Waals surface area contributed by atoms with Crippen LogP contribution in [-0.4, -0.2) is 84.2 Å². The molecule has 0 aliphatic heterocycles. The maximum absolute atomic E-state index is 13.8. The zero-order chi connectivity index (χ0) is 34.9. The van der Waals surface area contributed by atoms with Crippen LogP contribution in [0.4, 0.5) is 0 Å². The van der Waals surface area contributed by atoms with E-state index in [0.29, 0.717) is 24.1 Å². The first-order chi connectivity index (χ1) is 22.3. The first kappa shape index (κ1) is 38.5. The number of benzene rings is 2. The van der Waals surface area contributed by atoms with Gasteiger partial charge in [0.2, 0.25) is 17.7 Å². The lowest BCUT2D eigenvalue weighted by Gasteiger charge is -2.26. The van der Waals surface area contributed by atoms with Gasteiger partial charge in [0.15, 0.2) is 5.96 Å². The Morgan fingerprint density at radius 2 is 1.43 bits per heavy atom. The van der Waals surface area contributed by atoms with Gasteiger partial charge in [-0.25, -0.2) is 4.79 Å². The summed E-state index contributed by atoms with van der Waals surface area (Å²) in [4.78, 5) is 56.5. The van der Waals surface area contributed by atoms with Gasteiger partial charge < -0.3 is 48.7 Å². The predicted molar refractivity (Wildman–Crippen MR) is 181 cm³/mol. The van der Waals surface area contributed by atoms with Crippen molar-refractivity contribution >= 4 is 29.7 Å². The number of unbranched alkanes of at least 4 members (excludes halogenated alkanes) is 1. The smallest absolute Gasteiger partial charge is 0.326 e. The molecule has 4 atom stereocenters. The second-order valence-corrected chi connectivity index (χ2v) is 11.6. The summed E-state index contributed by atoms with van der Waals surface area (Å²) in [5.74, 6) is -3.26. The van der Waals surface area contributed by atoms with Crippen LogP contribution in [0.15, 0.2) is 47.5 Å².